The molecule has 0 aliphatic rings. The molecule has 2 amide bonds. The van der Waals surface area contributed by atoms with Gasteiger partial charge >= 0.3 is 0 Å². The maximum Gasteiger partial charge on any atom is 0.263 e. The fourth-order valence-corrected chi connectivity index (χ4v) is 2.84. The lowest BCUT2D eigenvalue weighted by Crippen LogP contribution is -2.36. The molecule has 0 atom stereocenters. The first-order valence-corrected chi connectivity index (χ1v) is 8.77. The number of amides is 2. The monoisotopic (exact) mass is 379 g/mol. The number of aromatic nitrogens is 3. The first-order chi connectivity index (χ1) is 13.5. The van der Waals surface area contributed by atoms with Gasteiger partial charge in [0.1, 0.15) is 5.56 Å². The minimum absolute atomic E-state index is 0.0816. The van der Waals surface area contributed by atoms with Crippen LogP contribution in [0, 0.1) is 0 Å². The maximum atomic E-state index is 12.9. The Bertz CT molecular complexity index is 1030. The van der Waals surface area contributed by atoms with Gasteiger partial charge in [-0.3, -0.25) is 19.5 Å². The molecule has 2 heterocycles. The van der Waals surface area contributed by atoms with Crippen molar-refractivity contribution >= 4 is 11.8 Å². The van der Waals surface area contributed by atoms with E-state index in [2.05, 4.69) is 10.2 Å². The van der Waals surface area contributed by atoms with E-state index in [1.54, 1.807) is 19.4 Å². The first kappa shape index (κ1) is 19.1. The molecule has 8 nitrogen and oxygen atoms in total. The fraction of sp³-hybridized carbons (Fsp3) is 0.200. The van der Waals surface area contributed by atoms with Crippen LogP contribution in [0.1, 0.15) is 31.8 Å². The van der Waals surface area contributed by atoms with E-state index in [0.29, 0.717) is 13.0 Å². The van der Waals surface area contributed by atoms with Crippen molar-refractivity contribution < 1.29 is 9.59 Å². The average molecular weight is 379 g/mol. The summed E-state index contributed by atoms with van der Waals surface area (Å²) in [5.74, 6) is -1.16. The summed E-state index contributed by atoms with van der Waals surface area (Å²) >= 11 is 0. The van der Waals surface area contributed by atoms with E-state index < -0.39 is 17.4 Å². The number of nitrogens with zero attached hydrogens (tertiary/aromatic N) is 3. The van der Waals surface area contributed by atoms with Gasteiger partial charge in [-0.2, -0.15) is 5.10 Å². The van der Waals surface area contributed by atoms with E-state index in [-0.39, 0.29) is 17.7 Å². The predicted octanol–water partition coefficient (Wildman–Crippen LogP) is 1.03. The zero-order valence-electron chi connectivity index (χ0n) is 15.5. The van der Waals surface area contributed by atoms with Gasteiger partial charge in [0.15, 0.2) is 0 Å². The Labute approximate surface area is 161 Å². The quantitative estimate of drug-likeness (QED) is 0.638. The number of primary amides is 1. The molecule has 0 radical (unpaired) electrons. The van der Waals surface area contributed by atoms with Gasteiger partial charge in [0, 0.05) is 26.0 Å². The third kappa shape index (κ3) is 4.35. The number of carbonyl (C=O) groups is 2. The molecule has 8 heteroatoms. The topological polar surface area (TPSA) is 114 Å². The summed E-state index contributed by atoms with van der Waals surface area (Å²) in [7, 11) is 1.61. The van der Waals surface area contributed by atoms with Crippen LogP contribution in [-0.2, 0) is 13.0 Å². The summed E-state index contributed by atoms with van der Waals surface area (Å²) in [4.78, 5) is 38.9. The van der Waals surface area contributed by atoms with Crippen LogP contribution in [-0.4, -0.2) is 45.1 Å². The number of pyridine rings is 1. The first-order valence-electron chi connectivity index (χ1n) is 8.77. The van der Waals surface area contributed by atoms with Gasteiger partial charge in [0.2, 0.25) is 5.91 Å². The largest absolute Gasteiger partial charge is 0.366 e. The van der Waals surface area contributed by atoms with Gasteiger partial charge in [0.05, 0.1) is 18.3 Å². The number of rotatable bonds is 7. The molecule has 0 aliphatic carbocycles. The Morgan fingerprint density at radius 3 is 2.61 bits per heavy atom. The van der Waals surface area contributed by atoms with Crippen molar-refractivity contribution in [3.63, 3.8) is 0 Å². The molecule has 1 aromatic carbocycles. The highest BCUT2D eigenvalue weighted by molar-refractivity contribution is 5.98. The molecule has 3 N–H and O–H groups in total. The second-order valence-electron chi connectivity index (χ2n) is 6.51. The lowest BCUT2D eigenvalue weighted by atomic mass is 10.1. The zero-order chi connectivity index (χ0) is 20.1. The molecule has 0 saturated carbocycles. The summed E-state index contributed by atoms with van der Waals surface area (Å²) in [6.07, 6.45) is 5.41. The normalized spacial score (nSPS) is 10.6. The Kier molecular flexibility index (Phi) is 5.69. The van der Waals surface area contributed by atoms with Crippen LogP contribution in [0.25, 0.3) is 0 Å². The van der Waals surface area contributed by atoms with Crippen LogP contribution < -0.4 is 11.3 Å². The molecule has 3 aromatic rings. The number of H-pyrrole nitrogens is 1. The standard InChI is InChI=1S/C20H21N5O3/c1-24(8-7-15-10-22-23-11-15)19(27)17-9-16(18(21)26)13-25(20(17)28)12-14-5-3-2-4-6-14/h2-6,9-11,13H,7-8,12H2,1H3,(H2,21,26)(H,22,23). The molecule has 0 fully saturated rings. The number of nitrogens with two attached hydrogens (primary N) is 1. The van der Waals surface area contributed by atoms with E-state index in [1.807, 2.05) is 30.3 Å². The van der Waals surface area contributed by atoms with Crippen molar-refractivity contribution in [1.82, 2.24) is 19.7 Å². The van der Waals surface area contributed by atoms with Crippen LogP contribution >= 0.6 is 0 Å². The maximum absolute atomic E-state index is 12.9. The van der Waals surface area contributed by atoms with E-state index in [1.165, 1.54) is 21.7 Å². The Morgan fingerprint density at radius 1 is 1.21 bits per heavy atom. The molecule has 0 unspecified atom stereocenters. The van der Waals surface area contributed by atoms with Crippen molar-refractivity contribution in [2.24, 2.45) is 5.73 Å². The van der Waals surface area contributed by atoms with Gasteiger partial charge < -0.3 is 15.2 Å². The molecule has 3 rings (SSSR count). The third-order valence-corrected chi connectivity index (χ3v) is 4.43. The van der Waals surface area contributed by atoms with Gasteiger partial charge in [0.25, 0.3) is 11.5 Å². The number of nitrogens with one attached hydrogen (secondary N) is 1. The van der Waals surface area contributed by atoms with E-state index in [4.69, 9.17) is 5.73 Å². The Morgan fingerprint density at radius 2 is 1.96 bits per heavy atom. The molecule has 0 saturated heterocycles. The summed E-state index contributed by atoms with van der Waals surface area (Å²) < 4.78 is 1.34. The van der Waals surface area contributed by atoms with Crippen molar-refractivity contribution in [1.29, 1.82) is 0 Å². The molecule has 0 aliphatic heterocycles. The molecule has 0 bridgehead atoms. The molecule has 144 valence electrons. The average Bonchev–Trinajstić information content (AvgIpc) is 3.21. The predicted molar refractivity (Wildman–Crippen MR) is 104 cm³/mol. The number of aromatic amines is 1. The minimum atomic E-state index is -0.697. The smallest absolute Gasteiger partial charge is 0.263 e. The van der Waals surface area contributed by atoms with Gasteiger partial charge in [-0.15, -0.1) is 0 Å². The lowest BCUT2D eigenvalue weighted by molar-refractivity contribution is 0.0794. The van der Waals surface area contributed by atoms with Gasteiger partial charge in [-0.25, -0.2) is 0 Å². The Hall–Kier alpha value is -3.68. The molecule has 28 heavy (non-hydrogen) atoms. The molecule has 2 aromatic heterocycles. The van der Waals surface area contributed by atoms with Crippen LogP contribution in [0.2, 0.25) is 0 Å². The number of likely N-dealkylation sites (N-methyl/N-ethyl adjacent to an activating group) is 1. The SMILES string of the molecule is CN(CCc1cn[nH]c1)C(=O)c1cc(C(N)=O)cn(Cc2ccccc2)c1=O. The highest BCUT2D eigenvalue weighted by atomic mass is 16.2. The second kappa shape index (κ2) is 8.34. The van der Waals surface area contributed by atoms with Crippen LogP contribution in [0.3, 0.4) is 0 Å². The molecular weight excluding hydrogens is 358 g/mol. The van der Waals surface area contributed by atoms with Gasteiger partial charge in [-0.1, -0.05) is 30.3 Å². The summed E-state index contributed by atoms with van der Waals surface area (Å²) in [5, 5.41) is 6.58. The van der Waals surface area contributed by atoms with Crippen LogP contribution in [0.5, 0.6) is 0 Å². The van der Waals surface area contributed by atoms with E-state index >= 15 is 0 Å². The molecule has 0 spiro atoms. The van der Waals surface area contributed by atoms with Crippen molar-refractivity contribution in [3.05, 3.63) is 87.6 Å². The fourth-order valence-electron chi connectivity index (χ4n) is 2.84. The van der Waals surface area contributed by atoms with Crippen LogP contribution in [0.15, 0.2) is 59.8 Å². The summed E-state index contributed by atoms with van der Waals surface area (Å²) in [5.41, 5.74) is 6.80. The lowest BCUT2D eigenvalue weighted by Gasteiger charge is -2.18. The number of hydrogen-bond acceptors (Lipinski definition) is 4. The number of benzene rings is 1. The highest BCUT2D eigenvalue weighted by Gasteiger charge is 2.20. The summed E-state index contributed by atoms with van der Waals surface area (Å²) in [6, 6.07) is 10.6. The second-order valence-corrected chi connectivity index (χ2v) is 6.51. The van der Waals surface area contributed by atoms with Gasteiger partial charge in [-0.05, 0) is 23.6 Å². The molecular formula is C20H21N5O3. The minimum Gasteiger partial charge on any atom is -0.366 e. The highest BCUT2D eigenvalue weighted by Crippen LogP contribution is 2.08. The number of carbonyl (C=O) groups excluding carboxylic acids is 2. The van der Waals surface area contributed by atoms with E-state index in [0.717, 1.165) is 11.1 Å². The van der Waals surface area contributed by atoms with Crippen molar-refractivity contribution in [2.45, 2.75) is 13.0 Å². The number of hydrogen-bond donors (Lipinski definition) is 2. The van der Waals surface area contributed by atoms with E-state index in [9.17, 15) is 14.4 Å². The van der Waals surface area contributed by atoms with Crippen molar-refractivity contribution in [2.75, 3.05) is 13.6 Å². The van der Waals surface area contributed by atoms with Crippen molar-refractivity contribution in [3.8, 4) is 0 Å². The van der Waals surface area contributed by atoms with Crippen LogP contribution in [0.4, 0.5) is 0 Å². The Balaban J connectivity index is 1.89. The third-order valence-electron chi connectivity index (χ3n) is 4.43. The summed E-state index contributed by atoms with van der Waals surface area (Å²) in [6.45, 7) is 0.636. The zero-order valence-corrected chi connectivity index (χ0v) is 15.5.